The van der Waals surface area contributed by atoms with Crippen LogP contribution in [0.2, 0.25) is 0 Å². The maximum atomic E-state index is 12.1. The molecule has 17 heavy (non-hydrogen) atoms. The summed E-state index contributed by atoms with van der Waals surface area (Å²) in [6, 6.07) is 0.0357. The third kappa shape index (κ3) is 3.19. The SMILES string of the molecule is CCNC1CCN(CC2CCCC(O)C2)C1=O. The summed E-state index contributed by atoms with van der Waals surface area (Å²) in [6.07, 6.45) is 4.86. The van der Waals surface area contributed by atoms with Gasteiger partial charge in [0, 0.05) is 13.1 Å². The highest BCUT2D eigenvalue weighted by Crippen LogP contribution is 2.26. The van der Waals surface area contributed by atoms with Crippen molar-refractivity contribution < 1.29 is 9.90 Å². The van der Waals surface area contributed by atoms with E-state index >= 15 is 0 Å². The molecule has 0 aromatic carbocycles. The number of rotatable bonds is 4. The lowest BCUT2D eigenvalue weighted by Crippen LogP contribution is -2.40. The molecule has 4 nitrogen and oxygen atoms in total. The largest absolute Gasteiger partial charge is 0.393 e. The Labute approximate surface area is 103 Å². The maximum absolute atomic E-state index is 12.1. The Bertz CT molecular complexity index is 270. The fourth-order valence-electron chi connectivity index (χ4n) is 3.10. The molecule has 2 rings (SSSR count). The van der Waals surface area contributed by atoms with Crippen molar-refractivity contribution in [3.63, 3.8) is 0 Å². The highest BCUT2D eigenvalue weighted by Gasteiger charge is 2.33. The van der Waals surface area contributed by atoms with E-state index in [0.29, 0.717) is 5.92 Å². The molecule has 1 saturated carbocycles. The molecule has 2 aliphatic rings. The quantitative estimate of drug-likeness (QED) is 0.762. The van der Waals surface area contributed by atoms with Crippen LogP contribution in [0.25, 0.3) is 0 Å². The zero-order chi connectivity index (χ0) is 12.3. The molecular formula is C13H24N2O2. The van der Waals surface area contributed by atoms with Gasteiger partial charge in [0.15, 0.2) is 0 Å². The van der Waals surface area contributed by atoms with Crippen LogP contribution in [-0.4, -0.2) is 47.7 Å². The molecule has 98 valence electrons. The van der Waals surface area contributed by atoms with Crippen molar-refractivity contribution in [3.8, 4) is 0 Å². The molecule has 1 heterocycles. The molecule has 0 bridgehead atoms. The highest BCUT2D eigenvalue weighted by atomic mass is 16.3. The van der Waals surface area contributed by atoms with Gasteiger partial charge in [-0.2, -0.15) is 0 Å². The van der Waals surface area contributed by atoms with Crippen molar-refractivity contribution in [1.82, 2.24) is 10.2 Å². The van der Waals surface area contributed by atoms with Gasteiger partial charge in [0.05, 0.1) is 12.1 Å². The van der Waals surface area contributed by atoms with Crippen LogP contribution in [0.4, 0.5) is 0 Å². The van der Waals surface area contributed by atoms with E-state index < -0.39 is 0 Å². The molecule has 1 amide bonds. The zero-order valence-electron chi connectivity index (χ0n) is 10.7. The lowest BCUT2D eigenvalue weighted by atomic mass is 9.87. The van der Waals surface area contributed by atoms with Gasteiger partial charge in [0.1, 0.15) is 0 Å². The van der Waals surface area contributed by atoms with Crippen molar-refractivity contribution in [2.24, 2.45) is 5.92 Å². The van der Waals surface area contributed by atoms with Crippen molar-refractivity contribution in [2.75, 3.05) is 19.6 Å². The van der Waals surface area contributed by atoms with Gasteiger partial charge in [0.25, 0.3) is 0 Å². The summed E-state index contributed by atoms with van der Waals surface area (Å²) < 4.78 is 0. The van der Waals surface area contributed by atoms with E-state index in [1.165, 1.54) is 0 Å². The molecule has 3 unspecified atom stereocenters. The van der Waals surface area contributed by atoms with E-state index in [0.717, 1.165) is 51.7 Å². The molecule has 2 fully saturated rings. The molecule has 0 aromatic heterocycles. The normalized spacial score (nSPS) is 34.4. The van der Waals surface area contributed by atoms with Crippen molar-refractivity contribution in [3.05, 3.63) is 0 Å². The van der Waals surface area contributed by atoms with Crippen LogP contribution >= 0.6 is 0 Å². The van der Waals surface area contributed by atoms with Crippen molar-refractivity contribution in [2.45, 2.75) is 51.2 Å². The van der Waals surface area contributed by atoms with E-state index in [1.807, 2.05) is 11.8 Å². The number of amides is 1. The van der Waals surface area contributed by atoms with E-state index in [2.05, 4.69) is 5.32 Å². The summed E-state index contributed by atoms with van der Waals surface area (Å²) in [5.74, 6) is 0.759. The lowest BCUT2D eigenvalue weighted by Gasteiger charge is -2.29. The molecule has 4 heteroatoms. The number of hydrogen-bond acceptors (Lipinski definition) is 3. The lowest BCUT2D eigenvalue weighted by molar-refractivity contribution is -0.130. The second kappa shape index (κ2) is 5.83. The number of carbonyl (C=O) groups is 1. The Balaban J connectivity index is 1.81. The predicted molar refractivity (Wildman–Crippen MR) is 66.6 cm³/mol. The summed E-state index contributed by atoms with van der Waals surface area (Å²) in [6.45, 7) is 4.61. The number of likely N-dealkylation sites (tertiary alicyclic amines) is 1. The Kier molecular flexibility index (Phi) is 4.40. The predicted octanol–water partition coefficient (Wildman–Crippen LogP) is 0.748. The Morgan fingerprint density at radius 1 is 1.41 bits per heavy atom. The van der Waals surface area contributed by atoms with Gasteiger partial charge in [0.2, 0.25) is 5.91 Å². The summed E-state index contributed by atoms with van der Waals surface area (Å²) in [5.41, 5.74) is 0. The fraction of sp³-hybridized carbons (Fsp3) is 0.923. The van der Waals surface area contributed by atoms with Gasteiger partial charge in [-0.1, -0.05) is 13.3 Å². The highest BCUT2D eigenvalue weighted by molar-refractivity contribution is 5.83. The van der Waals surface area contributed by atoms with Gasteiger partial charge in [-0.25, -0.2) is 0 Å². The molecule has 2 N–H and O–H groups in total. The maximum Gasteiger partial charge on any atom is 0.239 e. The van der Waals surface area contributed by atoms with Crippen LogP contribution in [-0.2, 0) is 4.79 Å². The third-order valence-electron chi connectivity index (χ3n) is 3.98. The molecule has 3 atom stereocenters. The van der Waals surface area contributed by atoms with Gasteiger partial charge in [-0.15, -0.1) is 0 Å². The van der Waals surface area contributed by atoms with Crippen LogP contribution in [0.3, 0.4) is 0 Å². The van der Waals surface area contributed by atoms with Gasteiger partial charge in [-0.05, 0) is 38.1 Å². The molecule has 1 aliphatic carbocycles. The third-order valence-corrected chi connectivity index (χ3v) is 3.98. The van der Waals surface area contributed by atoms with Crippen LogP contribution < -0.4 is 5.32 Å². The van der Waals surface area contributed by atoms with Crippen molar-refractivity contribution in [1.29, 1.82) is 0 Å². The Hall–Kier alpha value is -0.610. The van der Waals surface area contributed by atoms with E-state index in [-0.39, 0.29) is 18.1 Å². The molecule has 1 aliphatic heterocycles. The molecule has 0 spiro atoms. The fourth-order valence-corrected chi connectivity index (χ4v) is 3.10. The minimum atomic E-state index is -0.143. The first-order valence-corrected chi connectivity index (χ1v) is 6.91. The number of aliphatic hydroxyl groups excluding tert-OH is 1. The van der Waals surface area contributed by atoms with E-state index in [1.54, 1.807) is 0 Å². The minimum absolute atomic E-state index is 0.0357. The molecular weight excluding hydrogens is 216 g/mol. The number of hydrogen-bond donors (Lipinski definition) is 2. The second-order valence-corrected chi connectivity index (χ2v) is 5.37. The van der Waals surface area contributed by atoms with Gasteiger partial charge in [-0.3, -0.25) is 4.79 Å². The second-order valence-electron chi connectivity index (χ2n) is 5.37. The molecule has 1 saturated heterocycles. The molecule has 0 aromatic rings. The Morgan fingerprint density at radius 3 is 2.94 bits per heavy atom. The average Bonchev–Trinajstić information content (AvgIpc) is 2.62. The van der Waals surface area contributed by atoms with E-state index in [9.17, 15) is 9.90 Å². The van der Waals surface area contributed by atoms with Crippen LogP contribution in [0, 0.1) is 5.92 Å². The number of nitrogens with one attached hydrogen (secondary N) is 1. The first-order chi connectivity index (χ1) is 8.20. The van der Waals surface area contributed by atoms with Crippen LogP contribution in [0.15, 0.2) is 0 Å². The number of carbonyl (C=O) groups excluding carboxylic acids is 1. The number of nitrogens with zero attached hydrogens (tertiary/aromatic N) is 1. The van der Waals surface area contributed by atoms with E-state index in [4.69, 9.17) is 0 Å². The monoisotopic (exact) mass is 240 g/mol. The van der Waals surface area contributed by atoms with Gasteiger partial charge >= 0.3 is 0 Å². The van der Waals surface area contributed by atoms with Crippen LogP contribution in [0.1, 0.15) is 39.0 Å². The average molecular weight is 240 g/mol. The minimum Gasteiger partial charge on any atom is -0.393 e. The molecule has 0 radical (unpaired) electrons. The van der Waals surface area contributed by atoms with Gasteiger partial charge < -0.3 is 15.3 Å². The zero-order valence-corrected chi connectivity index (χ0v) is 10.7. The van der Waals surface area contributed by atoms with Crippen molar-refractivity contribution >= 4 is 5.91 Å². The summed E-state index contributed by atoms with van der Waals surface area (Å²) in [5, 5.41) is 12.9. The number of aliphatic hydroxyl groups is 1. The topological polar surface area (TPSA) is 52.6 Å². The summed E-state index contributed by atoms with van der Waals surface area (Å²) in [7, 11) is 0. The smallest absolute Gasteiger partial charge is 0.239 e. The Morgan fingerprint density at radius 2 is 2.24 bits per heavy atom. The first kappa shape index (κ1) is 12.8. The summed E-state index contributed by atoms with van der Waals surface area (Å²) >= 11 is 0. The number of likely N-dealkylation sites (N-methyl/N-ethyl adjacent to an activating group) is 1. The standard InChI is InChI=1S/C13H24N2O2/c1-2-14-12-6-7-15(13(12)17)9-10-4-3-5-11(16)8-10/h10-12,14,16H,2-9H2,1H3. The van der Waals surface area contributed by atoms with Crippen LogP contribution in [0.5, 0.6) is 0 Å². The summed E-state index contributed by atoms with van der Waals surface area (Å²) in [4.78, 5) is 14.0. The first-order valence-electron chi connectivity index (χ1n) is 6.91.